The molecule has 1 atom stereocenters. The molecule has 0 aliphatic carbocycles. The molecule has 1 saturated heterocycles. The van der Waals surface area contributed by atoms with Crippen LogP contribution in [-0.4, -0.2) is 44.6 Å². The van der Waals surface area contributed by atoms with Crippen molar-refractivity contribution in [3.05, 3.63) is 12.2 Å². The van der Waals surface area contributed by atoms with Crippen molar-refractivity contribution in [3.63, 3.8) is 0 Å². The van der Waals surface area contributed by atoms with Gasteiger partial charge in [-0.25, -0.2) is 9.67 Å². The molecule has 0 radical (unpaired) electrons. The van der Waals surface area contributed by atoms with Crippen molar-refractivity contribution < 1.29 is 4.79 Å². The van der Waals surface area contributed by atoms with Gasteiger partial charge in [0.25, 0.3) is 0 Å². The number of rotatable bonds is 5. The highest BCUT2D eigenvalue weighted by Crippen LogP contribution is 2.10. The molecule has 1 fully saturated rings. The summed E-state index contributed by atoms with van der Waals surface area (Å²) in [5, 5.41) is 7.45. The number of aromatic nitrogens is 3. The Morgan fingerprint density at radius 2 is 2.50 bits per heavy atom. The molecule has 1 aromatic heterocycles. The summed E-state index contributed by atoms with van der Waals surface area (Å²) >= 11 is 1.83. The van der Waals surface area contributed by atoms with Crippen LogP contribution >= 0.6 is 11.8 Å². The van der Waals surface area contributed by atoms with E-state index in [0.717, 1.165) is 30.4 Å². The van der Waals surface area contributed by atoms with Gasteiger partial charge in [0.15, 0.2) is 5.78 Å². The van der Waals surface area contributed by atoms with Crippen LogP contribution in [0.3, 0.4) is 0 Å². The third-order valence-electron chi connectivity index (χ3n) is 2.88. The van der Waals surface area contributed by atoms with Gasteiger partial charge in [-0.1, -0.05) is 13.8 Å². The lowest BCUT2D eigenvalue weighted by atomic mass is 10.1. The summed E-state index contributed by atoms with van der Waals surface area (Å²) in [4.78, 5) is 16.3. The van der Waals surface area contributed by atoms with Gasteiger partial charge in [-0.15, -0.1) is 0 Å². The molecule has 0 spiro atoms. The topological polar surface area (TPSA) is 59.8 Å². The minimum absolute atomic E-state index is 0.0204. The number of carbonyl (C=O) groups excluding carboxylic acids is 1. The summed E-state index contributed by atoms with van der Waals surface area (Å²) < 4.78 is 1.85. The van der Waals surface area contributed by atoms with Crippen LogP contribution in [0.4, 0.5) is 0 Å². The van der Waals surface area contributed by atoms with E-state index >= 15 is 0 Å². The fraction of sp³-hybridized carbons (Fsp3) is 0.750. The Kier molecular flexibility index (Phi) is 4.77. The maximum atomic E-state index is 12.1. The molecular formula is C12H20N4OS. The van der Waals surface area contributed by atoms with Crippen molar-refractivity contribution in [2.75, 3.05) is 18.1 Å². The van der Waals surface area contributed by atoms with E-state index in [1.54, 1.807) is 0 Å². The van der Waals surface area contributed by atoms with Crippen LogP contribution in [0, 0.1) is 5.92 Å². The zero-order valence-electron chi connectivity index (χ0n) is 10.9. The van der Waals surface area contributed by atoms with Gasteiger partial charge in [0.1, 0.15) is 12.2 Å². The third kappa shape index (κ3) is 3.55. The summed E-state index contributed by atoms with van der Waals surface area (Å²) in [6.45, 7) is 5.99. The predicted octanol–water partition coefficient (Wildman–Crippen LogP) is 0.751. The van der Waals surface area contributed by atoms with Crippen LogP contribution in [0.5, 0.6) is 0 Å². The molecule has 1 aliphatic heterocycles. The van der Waals surface area contributed by atoms with E-state index in [9.17, 15) is 4.79 Å². The first-order chi connectivity index (χ1) is 8.66. The first-order valence-corrected chi connectivity index (χ1v) is 7.53. The predicted molar refractivity (Wildman–Crippen MR) is 72.7 cm³/mol. The SMILES string of the molecule is CC(C)Cn1ncnc1CC(=O)C1CSCCN1. The number of carbonyl (C=O) groups is 1. The van der Waals surface area contributed by atoms with Gasteiger partial charge in [0.05, 0.1) is 12.5 Å². The molecule has 0 amide bonds. The highest BCUT2D eigenvalue weighted by molar-refractivity contribution is 7.99. The maximum absolute atomic E-state index is 12.1. The lowest BCUT2D eigenvalue weighted by Gasteiger charge is -2.21. The van der Waals surface area contributed by atoms with E-state index in [0.29, 0.717) is 12.3 Å². The molecule has 1 aliphatic rings. The van der Waals surface area contributed by atoms with E-state index in [-0.39, 0.29) is 11.8 Å². The van der Waals surface area contributed by atoms with Crippen molar-refractivity contribution in [3.8, 4) is 0 Å². The van der Waals surface area contributed by atoms with Crippen molar-refractivity contribution in [2.45, 2.75) is 32.9 Å². The lowest BCUT2D eigenvalue weighted by molar-refractivity contribution is -0.120. The average Bonchev–Trinajstić information content (AvgIpc) is 2.77. The van der Waals surface area contributed by atoms with Gasteiger partial charge in [-0.05, 0) is 5.92 Å². The van der Waals surface area contributed by atoms with Gasteiger partial charge >= 0.3 is 0 Å². The molecule has 1 N–H and O–H groups in total. The monoisotopic (exact) mass is 268 g/mol. The Bertz CT molecular complexity index is 399. The van der Waals surface area contributed by atoms with E-state index in [1.165, 1.54) is 6.33 Å². The second-order valence-corrected chi connectivity index (χ2v) is 6.13. The maximum Gasteiger partial charge on any atom is 0.158 e. The Morgan fingerprint density at radius 1 is 1.67 bits per heavy atom. The van der Waals surface area contributed by atoms with Crippen molar-refractivity contribution >= 4 is 17.5 Å². The minimum Gasteiger partial charge on any atom is -0.306 e. The fourth-order valence-corrected chi connectivity index (χ4v) is 2.94. The molecule has 6 heteroatoms. The summed E-state index contributed by atoms with van der Waals surface area (Å²) in [7, 11) is 0. The van der Waals surface area contributed by atoms with Crippen LogP contribution in [0.1, 0.15) is 19.7 Å². The summed E-state index contributed by atoms with van der Waals surface area (Å²) in [5.74, 6) is 3.47. The zero-order valence-corrected chi connectivity index (χ0v) is 11.7. The van der Waals surface area contributed by atoms with Crippen LogP contribution in [0.2, 0.25) is 0 Å². The smallest absolute Gasteiger partial charge is 0.158 e. The van der Waals surface area contributed by atoms with Crippen molar-refractivity contribution in [1.82, 2.24) is 20.1 Å². The summed E-state index contributed by atoms with van der Waals surface area (Å²) in [6.07, 6.45) is 1.92. The summed E-state index contributed by atoms with van der Waals surface area (Å²) in [6, 6.07) is -0.0204. The molecule has 2 rings (SSSR count). The first kappa shape index (κ1) is 13.5. The van der Waals surface area contributed by atoms with Crippen molar-refractivity contribution in [1.29, 1.82) is 0 Å². The zero-order chi connectivity index (χ0) is 13.0. The molecule has 18 heavy (non-hydrogen) atoms. The molecule has 0 bridgehead atoms. The standard InChI is InChI=1S/C12H20N4OS/c1-9(2)6-16-12(14-8-15-16)5-11(17)10-7-18-4-3-13-10/h8-10,13H,3-7H2,1-2H3. The van der Waals surface area contributed by atoms with Gasteiger partial charge in [0.2, 0.25) is 0 Å². The molecule has 0 aromatic carbocycles. The second-order valence-electron chi connectivity index (χ2n) is 4.98. The molecular weight excluding hydrogens is 248 g/mol. The van der Waals surface area contributed by atoms with Gasteiger partial charge in [-0.3, -0.25) is 4.79 Å². The molecule has 5 nitrogen and oxygen atoms in total. The number of nitrogens with one attached hydrogen (secondary N) is 1. The Labute approximate surface area is 112 Å². The van der Waals surface area contributed by atoms with E-state index in [1.807, 2.05) is 16.4 Å². The highest BCUT2D eigenvalue weighted by Gasteiger charge is 2.22. The fourth-order valence-electron chi connectivity index (χ4n) is 1.97. The van der Waals surface area contributed by atoms with Gasteiger partial charge in [-0.2, -0.15) is 16.9 Å². The Balaban J connectivity index is 1.95. The Morgan fingerprint density at radius 3 is 3.17 bits per heavy atom. The number of ketones is 1. The van der Waals surface area contributed by atoms with Gasteiger partial charge < -0.3 is 5.32 Å². The average molecular weight is 268 g/mol. The number of hydrogen-bond donors (Lipinski definition) is 1. The van der Waals surface area contributed by atoms with E-state index < -0.39 is 0 Å². The lowest BCUT2D eigenvalue weighted by Crippen LogP contribution is -2.44. The normalized spacial score (nSPS) is 20.3. The number of hydrogen-bond acceptors (Lipinski definition) is 5. The molecule has 1 aromatic rings. The second kappa shape index (κ2) is 6.33. The molecule has 2 heterocycles. The van der Waals surface area contributed by atoms with E-state index in [4.69, 9.17) is 0 Å². The largest absolute Gasteiger partial charge is 0.306 e. The number of Topliss-reactive ketones (excluding diaryl/α,β-unsaturated/α-hetero) is 1. The Hall–Kier alpha value is -0.880. The van der Waals surface area contributed by atoms with E-state index in [2.05, 4.69) is 29.2 Å². The van der Waals surface area contributed by atoms with Crippen molar-refractivity contribution in [2.24, 2.45) is 5.92 Å². The molecule has 100 valence electrons. The van der Waals surface area contributed by atoms with Crippen LogP contribution in [-0.2, 0) is 17.8 Å². The molecule has 0 saturated carbocycles. The molecule has 1 unspecified atom stereocenters. The minimum atomic E-state index is -0.0204. The summed E-state index contributed by atoms with van der Waals surface area (Å²) in [5.41, 5.74) is 0. The number of nitrogens with zero attached hydrogens (tertiary/aromatic N) is 3. The van der Waals surface area contributed by atoms with Gasteiger partial charge in [0, 0.05) is 24.6 Å². The highest BCUT2D eigenvalue weighted by atomic mass is 32.2. The quantitative estimate of drug-likeness (QED) is 0.854. The van der Waals surface area contributed by atoms with Crippen LogP contribution in [0.25, 0.3) is 0 Å². The van der Waals surface area contributed by atoms with Crippen LogP contribution in [0.15, 0.2) is 6.33 Å². The first-order valence-electron chi connectivity index (χ1n) is 6.37. The van der Waals surface area contributed by atoms with Crippen LogP contribution < -0.4 is 5.32 Å². The number of thioether (sulfide) groups is 1. The third-order valence-corrected chi connectivity index (χ3v) is 3.94.